The van der Waals surface area contributed by atoms with Crippen molar-refractivity contribution in [2.24, 2.45) is 7.05 Å². The zero-order valence-corrected chi connectivity index (χ0v) is 18.9. The van der Waals surface area contributed by atoms with E-state index in [1.807, 2.05) is 26.5 Å². The van der Waals surface area contributed by atoms with Gasteiger partial charge in [0.15, 0.2) is 5.65 Å². The minimum atomic E-state index is -0.576. The van der Waals surface area contributed by atoms with Crippen LogP contribution in [-0.2, 0) is 7.05 Å². The molecule has 4 rings (SSSR count). The van der Waals surface area contributed by atoms with Crippen LogP contribution in [0.3, 0.4) is 0 Å². The highest BCUT2D eigenvalue weighted by atomic mass is 35.5. The van der Waals surface area contributed by atoms with Gasteiger partial charge in [0.2, 0.25) is 5.95 Å². The number of anilines is 1. The Bertz CT molecular complexity index is 1210. The molecule has 0 saturated carbocycles. The third-order valence-corrected chi connectivity index (χ3v) is 6.34. The fraction of sp³-hybridized carbons (Fsp3) is 0.476. The van der Waals surface area contributed by atoms with Crippen LogP contribution in [-0.4, -0.2) is 56.2 Å². The molecule has 0 radical (unpaired) electrons. The molecule has 0 N–H and O–H groups in total. The van der Waals surface area contributed by atoms with Gasteiger partial charge in [0, 0.05) is 56.4 Å². The average molecular weight is 444 g/mol. The largest absolute Gasteiger partial charge is 0.341 e. The molecule has 0 amide bonds. The Balaban J connectivity index is 1.58. The van der Waals surface area contributed by atoms with E-state index in [2.05, 4.69) is 31.7 Å². The molecule has 9 nitrogen and oxygen atoms in total. The predicted octanol–water partition coefficient (Wildman–Crippen LogP) is 2.00. The van der Waals surface area contributed by atoms with Gasteiger partial charge in [0.05, 0.1) is 10.5 Å². The van der Waals surface area contributed by atoms with Crippen LogP contribution >= 0.6 is 11.6 Å². The lowest BCUT2D eigenvalue weighted by Crippen LogP contribution is -2.45. The lowest BCUT2D eigenvalue weighted by Gasteiger charge is -2.33. The van der Waals surface area contributed by atoms with E-state index < -0.39 is 11.1 Å². The summed E-state index contributed by atoms with van der Waals surface area (Å²) in [5.41, 5.74) is 0.961. The summed E-state index contributed by atoms with van der Waals surface area (Å²) >= 11 is 6.07. The molecule has 10 heteroatoms. The molecule has 3 aromatic rings. The van der Waals surface area contributed by atoms with Gasteiger partial charge in [-0.2, -0.15) is 0 Å². The van der Waals surface area contributed by atoms with Crippen molar-refractivity contribution in [3.63, 3.8) is 0 Å². The van der Waals surface area contributed by atoms with E-state index in [1.54, 1.807) is 13.1 Å². The predicted molar refractivity (Wildman–Crippen MR) is 121 cm³/mol. The number of hydrogen-bond acceptors (Lipinski definition) is 7. The van der Waals surface area contributed by atoms with Crippen LogP contribution in [0, 0.1) is 0 Å². The lowest BCUT2D eigenvalue weighted by atomic mass is 10.0. The lowest BCUT2D eigenvalue weighted by molar-refractivity contribution is 0.320. The second kappa shape index (κ2) is 8.39. The van der Waals surface area contributed by atoms with E-state index in [0.717, 1.165) is 5.56 Å². The fourth-order valence-electron chi connectivity index (χ4n) is 3.98. The van der Waals surface area contributed by atoms with Gasteiger partial charge in [-0.3, -0.25) is 14.2 Å². The first-order valence-corrected chi connectivity index (χ1v) is 10.7. The maximum atomic E-state index is 12.8. The molecule has 1 atom stereocenters. The molecule has 1 unspecified atom stereocenters. The van der Waals surface area contributed by atoms with E-state index >= 15 is 0 Å². The highest BCUT2D eigenvalue weighted by Crippen LogP contribution is 2.26. The van der Waals surface area contributed by atoms with E-state index in [1.165, 1.54) is 15.3 Å². The average Bonchev–Trinajstić information content (AvgIpc) is 2.78. The van der Waals surface area contributed by atoms with E-state index in [4.69, 9.17) is 11.6 Å². The first kappa shape index (κ1) is 21.5. The van der Waals surface area contributed by atoms with Crippen LogP contribution in [0.1, 0.15) is 37.4 Å². The summed E-state index contributed by atoms with van der Waals surface area (Å²) in [6, 6.07) is 1.78. The molecule has 0 aromatic carbocycles. The Labute approximate surface area is 184 Å². The number of halogens is 1. The summed E-state index contributed by atoms with van der Waals surface area (Å²) in [6.07, 6.45) is 6.61. The number of rotatable bonds is 4. The Morgan fingerprint density at radius 1 is 1.06 bits per heavy atom. The Morgan fingerprint density at radius 2 is 1.71 bits per heavy atom. The standard InChI is InChI=1S/C21H26ClN7O2/c1-13(26(2)3)14-10-24-21(25-11-14)28-7-5-16(6-8-28)29-18-17(9-15(22)12-23-18)27(4)19(30)20(29)31/h9-13,16H,5-8H2,1-4H3. The third kappa shape index (κ3) is 3.95. The van der Waals surface area contributed by atoms with Gasteiger partial charge >= 0.3 is 11.1 Å². The van der Waals surface area contributed by atoms with Crippen molar-refractivity contribution in [3.8, 4) is 0 Å². The molecule has 1 fully saturated rings. The molecular formula is C21H26ClN7O2. The van der Waals surface area contributed by atoms with E-state index in [9.17, 15) is 9.59 Å². The molecular weight excluding hydrogens is 418 g/mol. The molecule has 31 heavy (non-hydrogen) atoms. The molecule has 164 valence electrons. The second-order valence-corrected chi connectivity index (χ2v) is 8.65. The Hall–Kier alpha value is -2.78. The maximum absolute atomic E-state index is 12.8. The van der Waals surface area contributed by atoms with Crippen molar-refractivity contribution >= 4 is 28.7 Å². The minimum absolute atomic E-state index is 0.123. The van der Waals surface area contributed by atoms with Crippen LogP contribution in [0.5, 0.6) is 0 Å². The highest BCUT2D eigenvalue weighted by Gasteiger charge is 2.26. The number of aryl methyl sites for hydroxylation is 1. The SMILES string of the molecule is CC(c1cnc(N2CCC(n3c(=O)c(=O)n(C)c4cc(Cl)cnc43)CC2)nc1)N(C)C. The van der Waals surface area contributed by atoms with Gasteiger partial charge in [-0.15, -0.1) is 0 Å². The maximum Gasteiger partial charge on any atom is 0.318 e. The number of aromatic nitrogens is 5. The molecule has 0 aliphatic carbocycles. The summed E-state index contributed by atoms with van der Waals surface area (Å²) in [5.74, 6) is 0.680. The van der Waals surface area contributed by atoms with Crippen molar-refractivity contribution < 1.29 is 0 Å². The number of piperidine rings is 1. The molecule has 1 saturated heterocycles. The topological polar surface area (TPSA) is 89.2 Å². The summed E-state index contributed by atoms with van der Waals surface area (Å²) in [4.78, 5) is 43.0. The summed E-state index contributed by atoms with van der Waals surface area (Å²) < 4.78 is 2.85. The van der Waals surface area contributed by atoms with Crippen LogP contribution in [0.2, 0.25) is 5.02 Å². The number of nitrogens with zero attached hydrogens (tertiary/aromatic N) is 7. The van der Waals surface area contributed by atoms with Gasteiger partial charge in [-0.05, 0) is 39.9 Å². The monoisotopic (exact) mass is 443 g/mol. The van der Waals surface area contributed by atoms with Crippen LogP contribution in [0.4, 0.5) is 5.95 Å². The van der Waals surface area contributed by atoms with Crippen LogP contribution in [0.15, 0.2) is 34.2 Å². The smallest absolute Gasteiger partial charge is 0.318 e. The zero-order chi connectivity index (χ0) is 22.3. The quantitative estimate of drug-likeness (QED) is 0.570. The first-order valence-electron chi connectivity index (χ1n) is 10.3. The molecule has 0 spiro atoms. The summed E-state index contributed by atoms with van der Waals surface area (Å²) in [5, 5.41) is 0.423. The van der Waals surface area contributed by atoms with E-state index in [-0.39, 0.29) is 12.1 Å². The minimum Gasteiger partial charge on any atom is -0.341 e. The third-order valence-electron chi connectivity index (χ3n) is 6.14. The first-order chi connectivity index (χ1) is 14.8. The normalized spacial score (nSPS) is 16.3. The number of hydrogen-bond donors (Lipinski definition) is 0. The molecule has 0 bridgehead atoms. The van der Waals surface area contributed by atoms with Gasteiger partial charge in [0.1, 0.15) is 0 Å². The highest BCUT2D eigenvalue weighted by molar-refractivity contribution is 6.31. The van der Waals surface area contributed by atoms with Gasteiger partial charge < -0.3 is 14.4 Å². The zero-order valence-electron chi connectivity index (χ0n) is 18.1. The molecule has 4 heterocycles. The summed E-state index contributed by atoms with van der Waals surface area (Å²) in [6.45, 7) is 3.48. The van der Waals surface area contributed by atoms with Crippen molar-refractivity contribution in [1.29, 1.82) is 0 Å². The van der Waals surface area contributed by atoms with Crippen LogP contribution < -0.4 is 16.0 Å². The van der Waals surface area contributed by atoms with Crippen molar-refractivity contribution in [3.05, 3.63) is 56.0 Å². The number of pyridine rings is 1. The van der Waals surface area contributed by atoms with Crippen LogP contribution in [0.25, 0.3) is 11.2 Å². The Kier molecular flexibility index (Phi) is 5.81. The van der Waals surface area contributed by atoms with Gasteiger partial charge in [-0.25, -0.2) is 15.0 Å². The van der Waals surface area contributed by atoms with Crippen molar-refractivity contribution in [1.82, 2.24) is 29.0 Å². The fourth-order valence-corrected chi connectivity index (χ4v) is 4.13. The molecule has 3 aromatic heterocycles. The second-order valence-electron chi connectivity index (χ2n) is 8.21. The van der Waals surface area contributed by atoms with Crippen molar-refractivity contribution in [2.75, 3.05) is 32.1 Å². The van der Waals surface area contributed by atoms with Gasteiger partial charge in [0.25, 0.3) is 0 Å². The Morgan fingerprint density at radius 3 is 2.32 bits per heavy atom. The summed E-state index contributed by atoms with van der Waals surface area (Å²) in [7, 11) is 5.61. The molecule has 1 aliphatic rings. The van der Waals surface area contributed by atoms with Crippen molar-refractivity contribution in [2.45, 2.75) is 31.8 Å². The number of fused-ring (bicyclic) bond motifs is 1. The van der Waals surface area contributed by atoms with E-state index in [0.29, 0.717) is 48.1 Å². The van der Waals surface area contributed by atoms with Gasteiger partial charge in [-0.1, -0.05) is 11.6 Å². The molecule has 1 aliphatic heterocycles.